The second-order valence-corrected chi connectivity index (χ2v) is 15.0. The Balaban J connectivity index is 1.23. The first-order valence-corrected chi connectivity index (χ1v) is 18.9. The highest BCUT2D eigenvalue weighted by Gasteiger charge is 2.35. The molecule has 3 heterocycles. The van der Waals surface area contributed by atoms with Crippen LogP contribution >= 0.6 is 0 Å². The standard InChI is InChI=1S/C46H42N4/c1-2-14-31(15-3-1)45-46(48-39-20-10-9-19-38(39)47-45)50-41-25-23-30-13-6-7-17-34(30)44(41)37-27-36-35-18-8-11-21-40(35)49(42(36)28-43(37)50)33-24-22-29-12-4-5-16-32(29)26-33/h1-2,4,6,8-14,18-22,24,27-28,32,38-39,47-48H,3,5,7,15-17,23,25-26H2. The average Bonchev–Trinajstić information content (AvgIpc) is 3.68. The molecule has 50 heavy (non-hydrogen) atoms. The smallest absolute Gasteiger partial charge is 0.135 e. The minimum atomic E-state index is 0.190. The van der Waals surface area contributed by atoms with Crippen molar-refractivity contribution in [1.29, 1.82) is 0 Å². The number of para-hydroxylation sites is 1. The van der Waals surface area contributed by atoms with Crippen LogP contribution in [0.4, 0.5) is 0 Å². The highest BCUT2D eigenvalue weighted by Crippen LogP contribution is 2.47. The number of nitrogens with zero attached hydrogens (tertiary/aromatic N) is 2. The number of hydrogen-bond acceptors (Lipinski definition) is 2. The van der Waals surface area contributed by atoms with Crippen molar-refractivity contribution in [2.75, 3.05) is 0 Å². The van der Waals surface area contributed by atoms with Gasteiger partial charge in [0.15, 0.2) is 0 Å². The Morgan fingerprint density at radius 3 is 2.44 bits per heavy atom. The summed E-state index contributed by atoms with van der Waals surface area (Å²) in [4.78, 5) is 0. The molecule has 4 nitrogen and oxygen atoms in total. The van der Waals surface area contributed by atoms with Crippen LogP contribution in [0.3, 0.4) is 0 Å². The number of nitrogens with one attached hydrogen (secondary N) is 2. The highest BCUT2D eigenvalue weighted by atomic mass is 15.2. The van der Waals surface area contributed by atoms with Crippen LogP contribution in [0.5, 0.6) is 0 Å². The van der Waals surface area contributed by atoms with Gasteiger partial charge in [-0.25, -0.2) is 0 Å². The highest BCUT2D eigenvalue weighted by molar-refractivity contribution is 6.16. The van der Waals surface area contributed by atoms with E-state index in [2.05, 4.69) is 135 Å². The zero-order valence-electron chi connectivity index (χ0n) is 28.5. The fraction of sp³-hybridized carbons (Fsp3) is 0.261. The molecule has 246 valence electrons. The normalized spacial score (nSPS) is 25.2. The molecule has 2 aromatic carbocycles. The van der Waals surface area contributed by atoms with Crippen molar-refractivity contribution in [1.82, 2.24) is 19.8 Å². The summed E-state index contributed by atoms with van der Waals surface area (Å²) < 4.78 is 5.25. The molecule has 0 fully saturated rings. The van der Waals surface area contributed by atoms with E-state index >= 15 is 0 Å². The molecule has 0 radical (unpaired) electrons. The molecule has 4 aromatic rings. The van der Waals surface area contributed by atoms with E-state index in [0.29, 0.717) is 5.92 Å². The van der Waals surface area contributed by atoms with Crippen molar-refractivity contribution in [2.45, 2.75) is 69.9 Å². The summed E-state index contributed by atoms with van der Waals surface area (Å²) in [5, 5.41) is 12.3. The Morgan fingerprint density at radius 1 is 0.660 bits per heavy atom. The molecule has 3 atom stereocenters. The van der Waals surface area contributed by atoms with Gasteiger partial charge in [-0.2, -0.15) is 0 Å². The molecule has 0 spiro atoms. The van der Waals surface area contributed by atoms with Gasteiger partial charge >= 0.3 is 0 Å². The molecule has 11 rings (SSSR count). The maximum absolute atomic E-state index is 4.12. The molecule has 2 aromatic heterocycles. The first-order valence-electron chi connectivity index (χ1n) is 18.9. The summed E-state index contributed by atoms with van der Waals surface area (Å²) >= 11 is 0. The number of aromatic nitrogens is 2. The second-order valence-electron chi connectivity index (χ2n) is 15.0. The van der Waals surface area contributed by atoms with Crippen LogP contribution in [-0.4, -0.2) is 21.2 Å². The zero-order valence-corrected chi connectivity index (χ0v) is 28.5. The van der Waals surface area contributed by atoms with Crippen molar-refractivity contribution in [3.05, 3.63) is 149 Å². The molecule has 3 unspecified atom stereocenters. The summed E-state index contributed by atoms with van der Waals surface area (Å²) in [7, 11) is 0. The predicted octanol–water partition coefficient (Wildman–Crippen LogP) is 10.4. The van der Waals surface area contributed by atoms with Crippen molar-refractivity contribution in [3.63, 3.8) is 0 Å². The zero-order chi connectivity index (χ0) is 32.8. The van der Waals surface area contributed by atoms with Gasteiger partial charge in [-0.05, 0) is 110 Å². The van der Waals surface area contributed by atoms with E-state index in [-0.39, 0.29) is 12.1 Å². The van der Waals surface area contributed by atoms with Crippen LogP contribution < -0.4 is 10.6 Å². The van der Waals surface area contributed by atoms with Gasteiger partial charge in [-0.15, -0.1) is 0 Å². The van der Waals surface area contributed by atoms with Gasteiger partial charge in [-0.3, -0.25) is 4.57 Å². The summed E-state index contributed by atoms with van der Waals surface area (Å²) in [5.41, 5.74) is 15.5. The Hall–Kier alpha value is -5.22. The molecule has 6 aliphatic carbocycles. The lowest BCUT2D eigenvalue weighted by atomic mass is 9.82. The summed E-state index contributed by atoms with van der Waals surface area (Å²) in [5.74, 6) is 1.80. The van der Waals surface area contributed by atoms with Gasteiger partial charge in [0.2, 0.25) is 0 Å². The van der Waals surface area contributed by atoms with Gasteiger partial charge in [0.05, 0.1) is 34.3 Å². The average molecular weight is 651 g/mol. The van der Waals surface area contributed by atoms with E-state index in [9.17, 15) is 0 Å². The SMILES string of the molecule is C1=CCCC(C2=C(n3c4c(c5cc6c7ccccc7n(C7=CC=C8C=CCCC8C7)c6cc53)C3=C(C=CCC3)CC4)NC3C=CC=CC3N2)=C1. The molecule has 7 aliphatic rings. The van der Waals surface area contributed by atoms with Crippen LogP contribution in [0.15, 0.2) is 138 Å². The number of hydrogen-bond donors (Lipinski definition) is 2. The fourth-order valence-electron chi connectivity index (χ4n) is 9.92. The second kappa shape index (κ2) is 11.1. The van der Waals surface area contributed by atoms with E-state index in [1.165, 1.54) is 90.7 Å². The predicted molar refractivity (Wildman–Crippen MR) is 209 cm³/mol. The maximum atomic E-state index is 4.12. The molecule has 0 bridgehead atoms. The lowest BCUT2D eigenvalue weighted by Crippen LogP contribution is -2.52. The first-order chi connectivity index (χ1) is 24.8. The molecular formula is C46H42N4. The third-order valence-electron chi connectivity index (χ3n) is 12.3. The molecule has 0 amide bonds. The van der Waals surface area contributed by atoms with Crippen molar-refractivity contribution in [3.8, 4) is 0 Å². The number of allylic oxidation sites excluding steroid dienone is 16. The third kappa shape index (κ3) is 4.24. The van der Waals surface area contributed by atoms with Crippen LogP contribution in [0, 0.1) is 5.92 Å². The van der Waals surface area contributed by atoms with Gasteiger partial charge in [0, 0.05) is 33.1 Å². The molecule has 4 heteroatoms. The minimum absolute atomic E-state index is 0.190. The van der Waals surface area contributed by atoms with E-state index in [4.69, 9.17) is 0 Å². The molecule has 0 saturated carbocycles. The van der Waals surface area contributed by atoms with Crippen LogP contribution in [0.2, 0.25) is 0 Å². The third-order valence-corrected chi connectivity index (χ3v) is 12.3. The topological polar surface area (TPSA) is 33.9 Å². The minimum Gasteiger partial charge on any atom is -0.373 e. The summed E-state index contributed by atoms with van der Waals surface area (Å²) in [6, 6.07) is 14.6. The molecular weight excluding hydrogens is 609 g/mol. The monoisotopic (exact) mass is 650 g/mol. The van der Waals surface area contributed by atoms with Gasteiger partial charge < -0.3 is 15.2 Å². The van der Waals surface area contributed by atoms with Gasteiger partial charge in [0.25, 0.3) is 0 Å². The van der Waals surface area contributed by atoms with Crippen LogP contribution in [0.25, 0.3) is 49.8 Å². The van der Waals surface area contributed by atoms with Crippen LogP contribution in [0.1, 0.15) is 62.6 Å². The summed E-state index contributed by atoms with van der Waals surface area (Å²) in [6.45, 7) is 0. The van der Waals surface area contributed by atoms with E-state index in [1.807, 2.05) is 0 Å². The Bertz CT molecular complexity index is 2470. The van der Waals surface area contributed by atoms with E-state index < -0.39 is 0 Å². The largest absolute Gasteiger partial charge is 0.373 e. The molecule has 2 N–H and O–H groups in total. The quantitative estimate of drug-likeness (QED) is 0.231. The van der Waals surface area contributed by atoms with E-state index in [0.717, 1.165) is 44.9 Å². The lowest BCUT2D eigenvalue weighted by Gasteiger charge is -2.38. The molecule has 0 saturated heterocycles. The Morgan fingerprint density at radius 2 is 1.52 bits per heavy atom. The van der Waals surface area contributed by atoms with Gasteiger partial charge in [0.1, 0.15) is 5.82 Å². The van der Waals surface area contributed by atoms with Crippen molar-refractivity contribution >= 4 is 49.8 Å². The summed E-state index contributed by atoms with van der Waals surface area (Å²) in [6.07, 6.45) is 40.1. The molecule has 1 aliphatic heterocycles. The van der Waals surface area contributed by atoms with E-state index in [1.54, 1.807) is 5.57 Å². The van der Waals surface area contributed by atoms with Crippen molar-refractivity contribution < 1.29 is 0 Å². The van der Waals surface area contributed by atoms with Crippen LogP contribution in [-0.2, 0) is 6.42 Å². The number of benzene rings is 2. The lowest BCUT2D eigenvalue weighted by molar-refractivity contribution is 0.511. The maximum Gasteiger partial charge on any atom is 0.135 e. The first kappa shape index (κ1) is 28.6. The van der Waals surface area contributed by atoms with Crippen molar-refractivity contribution in [2.24, 2.45) is 5.92 Å². The Kier molecular flexibility index (Phi) is 6.38. The number of fused-ring (bicyclic) bond motifs is 9. The fourth-order valence-corrected chi connectivity index (χ4v) is 9.92. The van der Waals surface area contributed by atoms with Gasteiger partial charge in [-0.1, -0.05) is 91.1 Å². The Labute approximate surface area is 293 Å². The number of rotatable bonds is 3.